The molecule has 110 valence electrons. The number of anilines is 2. The van der Waals surface area contributed by atoms with Gasteiger partial charge in [-0.3, -0.25) is 9.78 Å². The molecular formula is C15H18N4O2. The Morgan fingerprint density at radius 3 is 2.86 bits per heavy atom. The molecule has 4 N–H and O–H groups in total. The number of amides is 1. The highest BCUT2D eigenvalue weighted by Crippen LogP contribution is 2.21. The summed E-state index contributed by atoms with van der Waals surface area (Å²) in [6.45, 7) is 0.941. The zero-order valence-corrected chi connectivity index (χ0v) is 11.8. The first kappa shape index (κ1) is 14.8. The summed E-state index contributed by atoms with van der Waals surface area (Å²) < 4.78 is 5.47. The summed E-state index contributed by atoms with van der Waals surface area (Å²) in [7, 11) is 1.57. The van der Waals surface area contributed by atoms with E-state index in [2.05, 4.69) is 15.6 Å². The van der Waals surface area contributed by atoms with E-state index >= 15 is 0 Å². The summed E-state index contributed by atoms with van der Waals surface area (Å²) in [5, 5.41) is 5.75. The third-order valence-electron chi connectivity index (χ3n) is 2.73. The van der Waals surface area contributed by atoms with Crippen LogP contribution in [0, 0.1) is 0 Å². The average Bonchev–Trinajstić information content (AvgIpc) is 2.53. The van der Waals surface area contributed by atoms with Crippen LogP contribution in [-0.2, 0) is 0 Å². The lowest BCUT2D eigenvalue weighted by atomic mass is 10.2. The van der Waals surface area contributed by atoms with E-state index in [-0.39, 0.29) is 5.91 Å². The van der Waals surface area contributed by atoms with Crippen molar-refractivity contribution in [2.75, 3.05) is 25.5 Å². The number of benzene rings is 1. The third kappa shape index (κ3) is 4.19. The largest absolute Gasteiger partial charge is 0.492 e. The molecule has 2 rings (SSSR count). The molecule has 6 nitrogen and oxygen atoms in total. The molecule has 0 aliphatic heterocycles. The van der Waals surface area contributed by atoms with Crippen molar-refractivity contribution in [2.24, 2.45) is 5.73 Å². The first-order valence-electron chi connectivity index (χ1n) is 6.61. The highest BCUT2D eigenvalue weighted by Gasteiger charge is 2.05. The zero-order valence-electron chi connectivity index (χ0n) is 11.8. The van der Waals surface area contributed by atoms with E-state index in [4.69, 9.17) is 10.5 Å². The number of pyridine rings is 1. The number of nitrogens with zero attached hydrogens (tertiary/aromatic N) is 1. The maximum atomic E-state index is 11.6. The summed E-state index contributed by atoms with van der Waals surface area (Å²) >= 11 is 0. The van der Waals surface area contributed by atoms with Crippen molar-refractivity contribution in [3.05, 3.63) is 48.3 Å². The van der Waals surface area contributed by atoms with E-state index in [0.717, 1.165) is 17.1 Å². The van der Waals surface area contributed by atoms with Gasteiger partial charge in [0.05, 0.1) is 0 Å². The van der Waals surface area contributed by atoms with Gasteiger partial charge in [-0.1, -0.05) is 6.07 Å². The number of nitrogens with one attached hydrogen (secondary N) is 2. The summed E-state index contributed by atoms with van der Waals surface area (Å²) in [5.41, 5.74) is 7.41. The van der Waals surface area contributed by atoms with Gasteiger partial charge in [0.2, 0.25) is 0 Å². The first-order chi connectivity index (χ1) is 10.2. The fourth-order valence-corrected chi connectivity index (χ4v) is 1.77. The monoisotopic (exact) mass is 286 g/mol. The minimum Gasteiger partial charge on any atom is -0.492 e. The molecule has 1 aromatic heterocycles. The Morgan fingerprint density at radius 2 is 2.10 bits per heavy atom. The average molecular weight is 286 g/mol. The van der Waals surface area contributed by atoms with Crippen LogP contribution < -0.4 is 21.1 Å². The zero-order chi connectivity index (χ0) is 15.1. The van der Waals surface area contributed by atoms with Crippen molar-refractivity contribution in [2.45, 2.75) is 0 Å². The molecule has 6 heteroatoms. The van der Waals surface area contributed by atoms with Gasteiger partial charge in [-0.15, -0.1) is 0 Å². The van der Waals surface area contributed by atoms with E-state index in [1.165, 1.54) is 0 Å². The lowest BCUT2D eigenvalue weighted by Gasteiger charge is -2.10. The van der Waals surface area contributed by atoms with Crippen LogP contribution in [-0.4, -0.2) is 31.1 Å². The Kier molecular flexibility index (Phi) is 5.11. The molecule has 0 unspecified atom stereocenters. The van der Waals surface area contributed by atoms with Crippen LogP contribution in [0.1, 0.15) is 10.5 Å². The van der Waals surface area contributed by atoms with Gasteiger partial charge < -0.3 is 21.1 Å². The predicted octanol–water partition coefficient (Wildman–Crippen LogP) is 1.52. The van der Waals surface area contributed by atoms with Crippen molar-refractivity contribution in [1.82, 2.24) is 10.3 Å². The van der Waals surface area contributed by atoms with Crippen molar-refractivity contribution in [1.29, 1.82) is 0 Å². The lowest BCUT2D eigenvalue weighted by molar-refractivity contribution is 0.0958. The molecule has 2 aromatic rings. The number of ether oxygens (including phenoxy) is 1. The van der Waals surface area contributed by atoms with Gasteiger partial charge in [0, 0.05) is 37.2 Å². The minimum absolute atomic E-state index is 0.223. The fraction of sp³-hybridized carbons (Fsp3) is 0.200. The second kappa shape index (κ2) is 7.25. The van der Waals surface area contributed by atoms with Gasteiger partial charge in [-0.25, -0.2) is 0 Å². The van der Waals surface area contributed by atoms with Crippen molar-refractivity contribution in [3.63, 3.8) is 0 Å². The molecule has 0 atom stereocenters. The Hall–Kier alpha value is -2.60. The van der Waals surface area contributed by atoms with Crippen LogP contribution >= 0.6 is 0 Å². The summed E-state index contributed by atoms with van der Waals surface area (Å²) in [5.74, 6) is 0.518. The summed E-state index contributed by atoms with van der Waals surface area (Å²) in [6, 6.07) is 11.0. The summed E-state index contributed by atoms with van der Waals surface area (Å²) in [4.78, 5) is 15.6. The van der Waals surface area contributed by atoms with E-state index < -0.39 is 0 Å². The minimum atomic E-state index is -0.223. The van der Waals surface area contributed by atoms with Gasteiger partial charge in [0.1, 0.15) is 18.1 Å². The van der Waals surface area contributed by atoms with Crippen LogP contribution in [0.3, 0.4) is 0 Å². The molecule has 0 spiro atoms. The molecule has 0 fully saturated rings. The molecule has 1 aromatic carbocycles. The number of hydrogen-bond donors (Lipinski definition) is 3. The normalized spacial score (nSPS) is 10.0. The van der Waals surface area contributed by atoms with Crippen LogP contribution in [0.5, 0.6) is 5.75 Å². The lowest BCUT2D eigenvalue weighted by Crippen LogP contribution is -2.19. The number of hydrogen-bond acceptors (Lipinski definition) is 5. The summed E-state index contributed by atoms with van der Waals surface area (Å²) in [6.07, 6.45) is 1.58. The SMILES string of the molecule is CNC(=O)c1cc(Nc2cccc(OCCN)c2)ccn1. The standard InChI is InChI=1S/C15H18N4O2/c1-17-15(20)14-10-12(5-7-18-14)19-11-3-2-4-13(9-11)21-8-6-16/h2-5,7,9-10H,6,8,16H2,1H3,(H,17,20)(H,18,19). The highest BCUT2D eigenvalue weighted by atomic mass is 16.5. The quantitative estimate of drug-likeness (QED) is 0.749. The molecule has 0 bridgehead atoms. The van der Waals surface area contributed by atoms with Crippen LogP contribution in [0.15, 0.2) is 42.6 Å². The molecule has 0 radical (unpaired) electrons. The van der Waals surface area contributed by atoms with Gasteiger partial charge >= 0.3 is 0 Å². The number of nitrogens with two attached hydrogens (primary N) is 1. The van der Waals surface area contributed by atoms with E-state index in [1.807, 2.05) is 24.3 Å². The van der Waals surface area contributed by atoms with Crippen molar-refractivity contribution < 1.29 is 9.53 Å². The van der Waals surface area contributed by atoms with E-state index in [9.17, 15) is 4.79 Å². The molecule has 1 heterocycles. The smallest absolute Gasteiger partial charge is 0.269 e. The number of carbonyl (C=O) groups is 1. The number of carbonyl (C=O) groups excluding carboxylic acids is 1. The molecule has 0 saturated heterocycles. The van der Waals surface area contributed by atoms with Gasteiger partial charge in [-0.05, 0) is 24.3 Å². The maximum absolute atomic E-state index is 11.6. The van der Waals surface area contributed by atoms with Crippen LogP contribution in [0.25, 0.3) is 0 Å². The molecule has 0 saturated carbocycles. The molecule has 0 aliphatic carbocycles. The Balaban J connectivity index is 2.12. The van der Waals surface area contributed by atoms with Crippen LogP contribution in [0.2, 0.25) is 0 Å². The number of rotatable bonds is 6. The second-order valence-electron chi connectivity index (χ2n) is 4.30. The first-order valence-corrected chi connectivity index (χ1v) is 6.61. The Bertz CT molecular complexity index is 616. The van der Waals surface area contributed by atoms with Crippen LogP contribution in [0.4, 0.5) is 11.4 Å². The fourth-order valence-electron chi connectivity index (χ4n) is 1.77. The third-order valence-corrected chi connectivity index (χ3v) is 2.73. The maximum Gasteiger partial charge on any atom is 0.269 e. The van der Waals surface area contributed by atoms with E-state index in [0.29, 0.717) is 18.8 Å². The Labute approximate surface area is 123 Å². The highest BCUT2D eigenvalue weighted by molar-refractivity contribution is 5.93. The van der Waals surface area contributed by atoms with E-state index in [1.54, 1.807) is 25.4 Å². The van der Waals surface area contributed by atoms with Crippen molar-refractivity contribution in [3.8, 4) is 5.75 Å². The topological polar surface area (TPSA) is 89.3 Å². The Morgan fingerprint density at radius 1 is 1.29 bits per heavy atom. The van der Waals surface area contributed by atoms with Gasteiger partial charge in [0.25, 0.3) is 5.91 Å². The molecule has 1 amide bonds. The van der Waals surface area contributed by atoms with Gasteiger partial charge in [-0.2, -0.15) is 0 Å². The van der Waals surface area contributed by atoms with Gasteiger partial charge in [0.15, 0.2) is 0 Å². The van der Waals surface area contributed by atoms with Crippen molar-refractivity contribution >= 4 is 17.3 Å². The second-order valence-corrected chi connectivity index (χ2v) is 4.30. The molecular weight excluding hydrogens is 268 g/mol. The number of aromatic nitrogens is 1. The predicted molar refractivity (Wildman–Crippen MR) is 81.9 cm³/mol. The molecule has 21 heavy (non-hydrogen) atoms. The molecule has 0 aliphatic rings.